The maximum absolute atomic E-state index is 12.0. The molecule has 2 rings (SSSR count). The van der Waals surface area contributed by atoms with Gasteiger partial charge in [-0.2, -0.15) is 9.78 Å². The normalized spacial score (nSPS) is 12.2. The lowest BCUT2D eigenvalue weighted by atomic mass is 10.2. The van der Waals surface area contributed by atoms with Crippen molar-refractivity contribution in [3.8, 4) is 5.69 Å². The van der Waals surface area contributed by atoms with E-state index in [-0.39, 0.29) is 22.7 Å². The van der Waals surface area contributed by atoms with E-state index in [0.29, 0.717) is 16.4 Å². The summed E-state index contributed by atoms with van der Waals surface area (Å²) < 4.78 is 1.12. The number of nitrogens with one attached hydrogen (secondary N) is 1. The average molecular weight is 363 g/mol. The zero-order chi connectivity index (χ0) is 16.3. The maximum Gasteiger partial charge on any atom is 0.291 e. The van der Waals surface area contributed by atoms with Gasteiger partial charge in [-0.1, -0.05) is 41.7 Å². The Bertz CT molecular complexity index is 730. The van der Waals surface area contributed by atoms with Gasteiger partial charge in [-0.05, 0) is 24.6 Å². The molecule has 2 N–H and O–H groups in total. The van der Waals surface area contributed by atoms with Crippen LogP contribution in [0.4, 0.5) is 5.69 Å². The molecular formula is C14H14Cl3N3O2. The summed E-state index contributed by atoms with van der Waals surface area (Å²) >= 11 is 17.8. The van der Waals surface area contributed by atoms with Crippen LogP contribution in [0, 0.1) is 0 Å². The molecule has 0 aliphatic heterocycles. The van der Waals surface area contributed by atoms with Gasteiger partial charge in [-0.3, -0.25) is 4.79 Å². The molecule has 1 atom stereocenters. The highest BCUT2D eigenvalue weighted by molar-refractivity contribution is 6.41. The first-order valence-electron chi connectivity index (χ1n) is 6.58. The number of benzene rings is 1. The third kappa shape index (κ3) is 3.55. The standard InChI is InChI=1S/C14H14Cl3N3O2/c1-2-8(7-21)19-12-4-3-9(5-10(12)15)20-14(22)13(17)11(16)6-18-20/h3-6,8,19,21H,2,7H2,1H3/t8-/m0/s1. The molecule has 1 heterocycles. The number of halogens is 3. The van der Waals surface area contributed by atoms with E-state index in [2.05, 4.69) is 10.4 Å². The zero-order valence-corrected chi connectivity index (χ0v) is 14.0. The SMILES string of the molecule is CC[C@@H](CO)Nc1ccc(-n2ncc(Cl)c(Cl)c2=O)cc1Cl. The van der Waals surface area contributed by atoms with Crippen molar-refractivity contribution in [2.45, 2.75) is 19.4 Å². The fourth-order valence-electron chi connectivity index (χ4n) is 1.85. The maximum atomic E-state index is 12.0. The predicted molar refractivity (Wildman–Crippen MR) is 89.7 cm³/mol. The zero-order valence-electron chi connectivity index (χ0n) is 11.7. The van der Waals surface area contributed by atoms with Crippen LogP contribution in [-0.2, 0) is 0 Å². The Hall–Kier alpha value is -1.27. The molecule has 1 aromatic carbocycles. The minimum atomic E-state index is -0.521. The smallest absolute Gasteiger partial charge is 0.291 e. The highest BCUT2D eigenvalue weighted by atomic mass is 35.5. The summed E-state index contributed by atoms with van der Waals surface area (Å²) in [5, 5.41) is 16.7. The van der Waals surface area contributed by atoms with E-state index in [1.807, 2.05) is 6.92 Å². The summed E-state index contributed by atoms with van der Waals surface area (Å²) in [5.74, 6) is 0. The van der Waals surface area contributed by atoms with Crippen molar-refractivity contribution in [2.24, 2.45) is 0 Å². The van der Waals surface area contributed by atoms with Gasteiger partial charge in [0.1, 0.15) is 5.02 Å². The molecule has 0 aliphatic rings. The Balaban J connectivity index is 2.38. The number of nitrogens with zero attached hydrogens (tertiary/aromatic N) is 2. The van der Waals surface area contributed by atoms with Crippen molar-refractivity contribution in [3.05, 3.63) is 49.8 Å². The summed E-state index contributed by atoms with van der Waals surface area (Å²) in [5.41, 5.74) is 0.614. The summed E-state index contributed by atoms with van der Waals surface area (Å²) in [4.78, 5) is 12.0. The molecule has 5 nitrogen and oxygen atoms in total. The third-order valence-electron chi connectivity index (χ3n) is 3.15. The van der Waals surface area contributed by atoms with Crippen LogP contribution in [0.1, 0.15) is 13.3 Å². The number of hydrogen-bond acceptors (Lipinski definition) is 4. The molecule has 8 heteroatoms. The van der Waals surface area contributed by atoms with Gasteiger partial charge in [-0.15, -0.1) is 0 Å². The van der Waals surface area contributed by atoms with Crippen LogP contribution >= 0.6 is 34.8 Å². The van der Waals surface area contributed by atoms with Crippen LogP contribution in [0.15, 0.2) is 29.2 Å². The molecular weight excluding hydrogens is 349 g/mol. The van der Waals surface area contributed by atoms with Crippen molar-refractivity contribution < 1.29 is 5.11 Å². The summed E-state index contributed by atoms with van der Waals surface area (Å²) in [6, 6.07) is 4.89. The summed E-state index contributed by atoms with van der Waals surface area (Å²) in [7, 11) is 0. The van der Waals surface area contributed by atoms with E-state index in [0.717, 1.165) is 11.1 Å². The van der Waals surface area contributed by atoms with Gasteiger partial charge in [0.2, 0.25) is 0 Å². The molecule has 22 heavy (non-hydrogen) atoms. The second-order valence-corrected chi connectivity index (χ2v) is 5.81. The van der Waals surface area contributed by atoms with Crippen molar-refractivity contribution in [3.63, 3.8) is 0 Å². The lowest BCUT2D eigenvalue weighted by Crippen LogP contribution is -2.23. The van der Waals surface area contributed by atoms with Crippen molar-refractivity contribution >= 4 is 40.5 Å². The lowest BCUT2D eigenvalue weighted by molar-refractivity contribution is 0.272. The van der Waals surface area contributed by atoms with E-state index in [1.165, 1.54) is 6.20 Å². The molecule has 0 amide bonds. The first-order valence-corrected chi connectivity index (χ1v) is 7.72. The first kappa shape index (κ1) is 17.1. The molecule has 0 saturated heterocycles. The fourth-order valence-corrected chi connectivity index (χ4v) is 2.33. The second-order valence-electron chi connectivity index (χ2n) is 4.62. The number of aliphatic hydroxyl groups excluding tert-OH is 1. The number of aromatic nitrogens is 2. The minimum Gasteiger partial charge on any atom is -0.394 e. The average Bonchev–Trinajstić information content (AvgIpc) is 2.52. The van der Waals surface area contributed by atoms with Gasteiger partial charge in [-0.25, -0.2) is 0 Å². The summed E-state index contributed by atoms with van der Waals surface area (Å²) in [6.07, 6.45) is 2.05. The van der Waals surface area contributed by atoms with E-state index in [1.54, 1.807) is 18.2 Å². The highest BCUT2D eigenvalue weighted by Gasteiger charge is 2.12. The van der Waals surface area contributed by atoms with E-state index in [4.69, 9.17) is 34.8 Å². The van der Waals surface area contributed by atoms with Gasteiger partial charge in [0.05, 0.1) is 34.2 Å². The molecule has 0 bridgehead atoms. The van der Waals surface area contributed by atoms with E-state index >= 15 is 0 Å². The molecule has 2 aromatic rings. The van der Waals surface area contributed by atoms with Crippen molar-refractivity contribution in [2.75, 3.05) is 11.9 Å². The van der Waals surface area contributed by atoms with Crippen LogP contribution in [0.25, 0.3) is 5.69 Å². The van der Waals surface area contributed by atoms with Gasteiger partial charge in [0.25, 0.3) is 5.56 Å². The Morgan fingerprint density at radius 1 is 1.32 bits per heavy atom. The third-order valence-corrected chi connectivity index (χ3v) is 4.21. The molecule has 0 radical (unpaired) electrons. The van der Waals surface area contributed by atoms with Crippen LogP contribution in [0.3, 0.4) is 0 Å². The highest BCUT2D eigenvalue weighted by Crippen LogP contribution is 2.25. The lowest BCUT2D eigenvalue weighted by Gasteiger charge is -2.17. The van der Waals surface area contributed by atoms with Gasteiger partial charge in [0.15, 0.2) is 0 Å². The van der Waals surface area contributed by atoms with E-state index < -0.39 is 5.56 Å². The minimum absolute atomic E-state index is 0.00237. The van der Waals surface area contributed by atoms with Crippen LogP contribution in [-0.4, -0.2) is 27.5 Å². The van der Waals surface area contributed by atoms with Crippen LogP contribution in [0.5, 0.6) is 0 Å². The Labute approximate surface area is 142 Å². The Morgan fingerprint density at radius 3 is 2.64 bits per heavy atom. The largest absolute Gasteiger partial charge is 0.394 e. The topological polar surface area (TPSA) is 67.2 Å². The van der Waals surface area contributed by atoms with Gasteiger partial charge in [0, 0.05) is 6.04 Å². The fraction of sp³-hybridized carbons (Fsp3) is 0.286. The van der Waals surface area contributed by atoms with E-state index in [9.17, 15) is 9.90 Å². The first-order chi connectivity index (χ1) is 10.5. The molecule has 118 valence electrons. The monoisotopic (exact) mass is 361 g/mol. The molecule has 0 saturated carbocycles. The number of rotatable bonds is 5. The molecule has 1 aromatic heterocycles. The summed E-state index contributed by atoms with van der Waals surface area (Å²) in [6.45, 7) is 1.96. The number of aliphatic hydroxyl groups is 1. The second kappa shape index (κ2) is 7.33. The van der Waals surface area contributed by atoms with Crippen LogP contribution in [0.2, 0.25) is 15.1 Å². The Kier molecular flexibility index (Phi) is 5.69. The van der Waals surface area contributed by atoms with Gasteiger partial charge < -0.3 is 10.4 Å². The predicted octanol–water partition coefficient (Wildman–Crippen LogP) is 3.38. The van der Waals surface area contributed by atoms with Crippen molar-refractivity contribution in [1.82, 2.24) is 9.78 Å². The molecule has 0 aliphatic carbocycles. The molecule has 0 unspecified atom stereocenters. The quantitative estimate of drug-likeness (QED) is 0.856. The molecule has 0 fully saturated rings. The Morgan fingerprint density at radius 2 is 2.05 bits per heavy atom. The van der Waals surface area contributed by atoms with Crippen molar-refractivity contribution in [1.29, 1.82) is 0 Å². The van der Waals surface area contributed by atoms with Gasteiger partial charge >= 0.3 is 0 Å². The van der Waals surface area contributed by atoms with Crippen LogP contribution < -0.4 is 10.9 Å². The number of anilines is 1. The molecule has 0 spiro atoms. The number of hydrogen-bond donors (Lipinski definition) is 2.